The lowest BCUT2D eigenvalue weighted by Crippen LogP contribution is -2.54. The highest BCUT2D eigenvalue weighted by atomic mass is 16.5. The van der Waals surface area contributed by atoms with Gasteiger partial charge in [0.2, 0.25) is 0 Å². The molecule has 11 nitrogen and oxygen atoms in total. The van der Waals surface area contributed by atoms with Gasteiger partial charge in [-0.15, -0.1) is 0 Å². The number of Topliss-reactive ketones (excluding diaryl/α,β-unsaturated/α-hetero) is 1. The molecule has 3 aromatic rings. The minimum Gasteiger partial charge on any atom is -0.495 e. The molecule has 0 radical (unpaired) electrons. The number of hydrogen-bond donors (Lipinski definition) is 2. The van der Waals surface area contributed by atoms with Crippen LogP contribution >= 0.6 is 0 Å². The van der Waals surface area contributed by atoms with Gasteiger partial charge in [0.1, 0.15) is 18.0 Å². The van der Waals surface area contributed by atoms with E-state index in [4.69, 9.17) is 9.47 Å². The summed E-state index contributed by atoms with van der Waals surface area (Å²) in [6, 6.07) is 17.2. The van der Waals surface area contributed by atoms with Gasteiger partial charge in [0.05, 0.1) is 12.8 Å². The Kier molecular flexibility index (Phi) is 10.2. The van der Waals surface area contributed by atoms with Gasteiger partial charge in [-0.05, 0) is 74.9 Å². The van der Waals surface area contributed by atoms with Gasteiger partial charge in [0, 0.05) is 17.6 Å². The molecule has 2 fully saturated rings. The minimum atomic E-state index is -1.67. The molecule has 48 heavy (non-hydrogen) atoms. The van der Waals surface area contributed by atoms with Crippen molar-refractivity contribution < 1.29 is 33.4 Å². The summed E-state index contributed by atoms with van der Waals surface area (Å²) in [7, 11) is 1.42. The number of hydrogen-bond acceptors (Lipinski definition) is 7. The smallest absolute Gasteiger partial charge is 0.328 e. The van der Waals surface area contributed by atoms with Crippen molar-refractivity contribution in [2.24, 2.45) is 5.41 Å². The Hall–Kier alpha value is -5.19. The van der Waals surface area contributed by atoms with Crippen molar-refractivity contribution in [2.75, 3.05) is 24.3 Å². The van der Waals surface area contributed by atoms with Crippen LogP contribution in [0.25, 0.3) is 0 Å². The van der Waals surface area contributed by atoms with E-state index in [-0.39, 0.29) is 24.5 Å². The zero-order valence-electron chi connectivity index (χ0n) is 28.0. The van der Waals surface area contributed by atoms with Crippen LogP contribution in [0.1, 0.15) is 56.2 Å². The Bertz CT molecular complexity index is 1720. The first-order chi connectivity index (χ1) is 23.0. The standard InChI is InChI=1S/C37H42N4O7/c1-6-28(48-29-15-13-23(3)19-24(29)4)34(44)38-26-14-16-30(47-5)27(20-26)39-35(45)32(33(43)37(7-2)17-18-37)41-31(42)22-40(36(41)46)21-25-11-9-8-10-12-25/h8-16,19-20,28,32H,6-7,17-18,21-22H2,1-5H3,(H,38,44)(H,39,45). The van der Waals surface area contributed by atoms with Gasteiger partial charge in [-0.25, -0.2) is 9.69 Å². The maximum Gasteiger partial charge on any atom is 0.328 e. The number of ketones is 1. The topological polar surface area (TPSA) is 134 Å². The fourth-order valence-corrected chi connectivity index (χ4v) is 6.03. The fraction of sp³-hybridized carbons (Fsp3) is 0.378. The molecule has 5 rings (SSSR count). The summed E-state index contributed by atoms with van der Waals surface area (Å²) in [4.78, 5) is 70.4. The van der Waals surface area contributed by atoms with Crippen LogP contribution in [0.5, 0.6) is 11.5 Å². The third-order valence-electron chi connectivity index (χ3n) is 9.08. The molecule has 1 saturated heterocycles. The van der Waals surface area contributed by atoms with Crippen LogP contribution in [0, 0.1) is 19.3 Å². The van der Waals surface area contributed by atoms with E-state index < -0.39 is 47.1 Å². The Morgan fingerprint density at radius 2 is 1.60 bits per heavy atom. The van der Waals surface area contributed by atoms with Crippen LogP contribution in [-0.4, -0.2) is 65.1 Å². The number of imide groups is 1. The molecule has 5 amide bonds. The second-order valence-electron chi connectivity index (χ2n) is 12.5. The van der Waals surface area contributed by atoms with E-state index in [0.29, 0.717) is 37.1 Å². The summed E-state index contributed by atoms with van der Waals surface area (Å²) in [6.45, 7) is 7.50. The molecule has 11 heteroatoms. The van der Waals surface area contributed by atoms with Gasteiger partial charge in [0.25, 0.3) is 17.7 Å². The molecule has 2 aliphatic rings. The first-order valence-corrected chi connectivity index (χ1v) is 16.2. The van der Waals surface area contributed by atoms with Gasteiger partial charge in [0.15, 0.2) is 17.9 Å². The van der Waals surface area contributed by atoms with Gasteiger partial charge in [-0.1, -0.05) is 61.9 Å². The van der Waals surface area contributed by atoms with E-state index in [1.807, 2.05) is 76.2 Å². The molecule has 0 spiro atoms. The van der Waals surface area contributed by atoms with E-state index in [9.17, 15) is 24.0 Å². The SMILES string of the molecule is CCC(Oc1ccc(C)cc1C)C(=O)Nc1ccc(OC)c(NC(=O)C(C(=O)C2(CC)CC2)N2C(=O)CN(Cc3ccccc3)C2=O)c1. The number of amides is 5. The average Bonchev–Trinajstić information content (AvgIpc) is 3.83. The normalized spacial score (nSPS) is 16.3. The molecule has 1 aliphatic heterocycles. The second-order valence-corrected chi connectivity index (χ2v) is 12.5. The Labute approximate surface area is 280 Å². The van der Waals surface area contributed by atoms with E-state index >= 15 is 0 Å². The molecule has 1 aliphatic carbocycles. The van der Waals surface area contributed by atoms with Crippen LogP contribution in [-0.2, 0) is 25.7 Å². The molecule has 2 atom stereocenters. The molecular weight excluding hydrogens is 612 g/mol. The van der Waals surface area contributed by atoms with Gasteiger partial charge >= 0.3 is 6.03 Å². The summed E-state index contributed by atoms with van der Waals surface area (Å²) in [5.74, 6) is -1.46. The van der Waals surface area contributed by atoms with Crippen molar-refractivity contribution in [3.8, 4) is 11.5 Å². The molecule has 2 unspecified atom stereocenters. The van der Waals surface area contributed by atoms with Crippen molar-refractivity contribution in [1.29, 1.82) is 0 Å². The van der Waals surface area contributed by atoms with E-state index in [0.717, 1.165) is 21.6 Å². The molecular formula is C37H42N4O7. The number of anilines is 2. The fourth-order valence-electron chi connectivity index (χ4n) is 6.03. The summed E-state index contributed by atoms with van der Waals surface area (Å²) in [5, 5.41) is 5.57. The number of carbonyl (C=O) groups excluding carboxylic acids is 5. The van der Waals surface area contributed by atoms with Crippen molar-refractivity contribution in [2.45, 2.75) is 72.1 Å². The molecule has 0 aromatic heterocycles. The van der Waals surface area contributed by atoms with Crippen molar-refractivity contribution in [3.63, 3.8) is 0 Å². The zero-order valence-corrected chi connectivity index (χ0v) is 28.0. The zero-order chi connectivity index (χ0) is 34.6. The lowest BCUT2D eigenvalue weighted by atomic mass is 9.91. The number of aryl methyl sites for hydroxylation is 2. The Morgan fingerprint density at radius 1 is 0.896 bits per heavy atom. The van der Waals surface area contributed by atoms with Crippen LogP contribution in [0.3, 0.4) is 0 Å². The van der Waals surface area contributed by atoms with E-state index in [1.165, 1.54) is 18.1 Å². The quantitative estimate of drug-likeness (QED) is 0.170. The number of nitrogens with one attached hydrogen (secondary N) is 2. The molecule has 1 saturated carbocycles. The Morgan fingerprint density at radius 3 is 2.23 bits per heavy atom. The van der Waals surface area contributed by atoms with Gasteiger partial charge in [-0.2, -0.15) is 0 Å². The molecule has 3 aromatic carbocycles. The number of carbonyl (C=O) groups is 5. The minimum absolute atomic E-state index is 0.156. The number of benzene rings is 3. The summed E-state index contributed by atoms with van der Waals surface area (Å²) >= 11 is 0. The molecule has 1 heterocycles. The molecule has 0 bridgehead atoms. The van der Waals surface area contributed by atoms with Crippen LogP contribution in [0.2, 0.25) is 0 Å². The highest BCUT2D eigenvalue weighted by Gasteiger charge is 2.56. The van der Waals surface area contributed by atoms with Crippen LogP contribution in [0.4, 0.5) is 16.2 Å². The first-order valence-electron chi connectivity index (χ1n) is 16.2. The number of urea groups is 1. The number of rotatable bonds is 14. The summed E-state index contributed by atoms with van der Waals surface area (Å²) < 4.78 is 11.5. The van der Waals surface area contributed by atoms with E-state index in [2.05, 4.69) is 10.6 Å². The number of ether oxygens (including phenoxy) is 2. The number of nitrogens with zero attached hydrogens (tertiary/aromatic N) is 2. The largest absolute Gasteiger partial charge is 0.495 e. The summed E-state index contributed by atoms with van der Waals surface area (Å²) in [6.07, 6.45) is 1.24. The first kappa shape index (κ1) is 34.2. The maximum atomic E-state index is 14.0. The number of methoxy groups -OCH3 is 1. The predicted octanol–water partition coefficient (Wildman–Crippen LogP) is 5.64. The van der Waals surface area contributed by atoms with Gasteiger partial charge < -0.3 is 25.0 Å². The van der Waals surface area contributed by atoms with Crippen molar-refractivity contribution in [1.82, 2.24) is 9.80 Å². The average molecular weight is 655 g/mol. The molecule has 2 N–H and O–H groups in total. The second kappa shape index (κ2) is 14.3. The lowest BCUT2D eigenvalue weighted by Gasteiger charge is -2.28. The van der Waals surface area contributed by atoms with Crippen molar-refractivity contribution >= 4 is 40.9 Å². The lowest BCUT2D eigenvalue weighted by molar-refractivity contribution is -0.141. The van der Waals surface area contributed by atoms with Crippen LogP contribution < -0.4 is 20.1 Å². The third-order valence-corrected chi connectivity index (χ3v) is 9.08. The summed E-state index contributed by atoms with van der Waals surface area (Å²) in [5.41, 5.74) is 2.53. The monoisotopic (exact) mass is 654 g/mol. The predicted molar refractivity (Wildman–Crippen MR) is 181 cm³/mol. The molecule has 252 valence electrons. The van der Waals surface area contributed by atoms with E-state index in [1.54, 1.807) is 12.1 Å². The highest BCUT2D eigenvalue weighted by Crippen LogP contribution is 2.51. The van der Waals surface area contributed by atoms with Crippen LogP contribution in [0.15, 0.2) is 66.7 Å². The Balaban J connectivity index is 1.37. The van der Waals surface area contributed by atoms with Gasteiger partial charge in [-0.3, -0.25) is 19.2 Å². The third kappa shape index (κ3) is 7.20. The van der Waals surface area contributed by atoms with Crippen molar-refractivity contribution in [3.05, 3.63) is 83.4 Å². The maximum absolute atomic E-state index is 14.0. The highest BCUT2D eigenvalue weighted by molar-refractivity contribution is 6.19.